The summed E-state index contributed by atoms with van der Waals surface area (Å²) in [5.74, 6) is -0.698. The van der Waals surface area contributed by atoms with Crippen molar-refractivity contribution in [1.82, 2.24) is 4.98 Å². The molecule has 1 nitrogen and oxygen atoms in total. The van der Waals surface area contributed by atoms with Crippen molar-refractivity contribution in [1.29, 1.82) is 0 Å². The van der Waals surface area contributed by atoms with Crippen LogP contribution in [0.25, 0.3) is 20.2 Å². The molecule has 5 heteroatoms. The predicted molar refractivity (Wildman–Crippen MR) is 102 cm³/mol. The van der Waals surface area contributed by atoms with Crippen molar-refractivity contribution in [3.05, 3.63) is 76.4 Å². The number of pyridine rings is 1. The second-order valence-corrected chi connectivity index (χ2v) is 7.35. The highest BCUT2D eigenvalue weighted by Crippen LogP contribution is 2.38. The van der Waals surface area contributed by atoms with E-state index in [1.165, 1.54) is 17.4 Å². The summed E-state index contributed by atoms with van der Waals surface area (Å²) in [4.78, 5) is 3.80. The first-order valence-corrected chi connectivity index (χ1v) is 8.96. The number of aromatic nitrogens is 1. The lowest BCUT2D eigenvalue weighted by Crippen LogP contribution is -1.87. The number of aryl methyl sites for hydroxylation is 4. The number of fused-ring (bicyclic) bond motifs is 3. The molecule has 0 aliphatic heterocycles. The van der Waals surface area contributed by atoms with Gasteiger partial charge in [-0.15, -0.1) is 11.3 Å². The van der Waals surface area contributed by atoms with Crippen LogP contribution in [0, 0.1) is 45.1 Å². The molecule has 0 saturated carbocycles. The maximum atomic E-state index is 14.0. The highest BCUT2D eigenvalue weighted by molar-refractivity contribution is 7.25. The van der Waals surface area contributed by atoms with Gasteiger partial charge >= 0.3 is 0 Å². The van der Waals surface area contributed by atoms with Crippen molar-refractivity contribution in [3.8, 4) is 0 Å². The van der Waals surface area contributed by atoms with Crippen molar-refractivity contribution in [2.45, 2.75) is 27.7 Å². The number of nitrogens with zero attached hydrogens (tertiary/aromatic N) is 1. The van der Waals surface area contributed by atoms with Crippen LogP contribution < -0.4 is 0 Å². The Hall–Kier alpha value is -2.40. The molecule has 0 bridgehead atoms. The van der Waals surface area contributed by atoms with Gasteiger partial charge in [0.15, 0.2) is 0 Å². The molecule has 4 aromatic rings. The lowest BCUT2D eigenvalue weighted by molar-refractivity contribution is 0.608. The molecule has 0 spiro atoms. The molecular formula is C21H18F3NS. The zero-order valence-electron chi connectivity index (χ0n) is 15.0. The summed E-state index contributed by atoms with van der Waals surface area (Å²) >= 11 is 1.19. The summed E-state index contributed by atoms with van der Waals surface area (Å²) in [6.45, 7) is 6.91. The second kappa shape index (κ2) is 7.08. The third-order valence-corrected chi connectivity index (χ3v) is 5.44. The Balaban J connectivity index is 0.000000185. The number of benzene rings is 2. The highest BCUT2D eigenvalue weighted by Gasteiger charge is 2.14. The monoisotopic (exact) mass is 373 g/mol. The fraction of sp³-hybridized carbons (Fsp3) is 0.190. The second-order valence-electron chi connectivity index (χ2n) is 6.33. The van der Waals surface area contributed by atoms with Crippen molar-refractivity contribution in [3.63, 3.8) is 0 Å². The van der Waals surface area contributed by atoms with E-state index in [1.807, 2.05) is 19.1 Å². The van der Waals surface area contributed by atoms with Gasteiger partial charge in [0.1, 0.15) is 17.5 Å². The van der Waals surface area contributed by atoms with Gasteiger partial charge in [0.05, 0.1) is 15.1 Å². The highest BCUT2D eigenvalue weighted by atomic mass is 32.1. The molecule has 2 heterocycles. The maximum Gasteiger partial charge on any atom is 0.144 e. The third kappa shape index (κ3) is 3.31. The molecule has 2 aromatic carbocycles. The van der Waals surface area contributed by atoms with E-state index in [4.69, 9.17) is 0 Å². The quantitative estimate of drug-likeness (QED) is 0.331. The van der Waals surface area contributed by atoms with Crippen LogP contribution >= 0.6 is 11.3 Å². The summed E-state index contributed by atoms with van der Waals surface area (Å²) < 4.78 is 41.5. The average Bonchev–Trinajstić information content (AvgIpc) is 2.99. The minimum absolute atomic E-state index is 0.227. The predicted octanol–water partition coefficient (Wildman–Crippen LogP) is 6.79. The Bertz CT molecular complexity index is 1050. The van der Waals surface area contributed by atoms with Crippen molar-refractivity contribution >= 4 is 31.5 Å². The molecule has 0 fully saturated rings. The van der Waals surface area contributed by atoms with E-state index in [-0.39, 0.29) is 17.5 Å². The van der Waals surface area contributed by atoms with E-state index < -0.39 is 0 Å². The van der Waals surface area contributed by atoms with Gasteiger partial charge in [-0.3, -0.25) is 4.98 Å². The molecule has 4 rings (SSSR count). The summed E-state index contributed by atoms with van der Waals surface area (Å²) in [5, 5.41) is 1.60. The molecule has 0 unspecified atom stereocenters. The number of halogens is 3. The van der Waals surface area contributed by atoms with Gasteiger partial charge in [-0.2, -0.15) is 0 Å². The van der Waals surface area contributed by atoms with Gasteiger partial charge < -0.3 is 0 Å². The zero-order valence-corrected chi connectivity index (χ0v) is 15.8. The number of hydrogen-bond donors (Lipinski definition) is 0. The number of hydrogen-bond acceptors (Lipinski definition) is 2. The fourth-order valence-electron chi connectivity index (χ4n) is 2.64. The van der Waals surface area contributed by atoms with Gasteiger partial charge in [-0.05, 0) is 50.5 Å². The van der Waals surface area contributed by atoms with Crippen LogP contribution in [0.4, 0.5) is 13.2 Å². The average molecular weight is 373 g/mol. The van der Waals surface area contributed by atoms with Crippen LogP contribution in [0.5, 0.6) is 0 Å². The van der Waals surface area contributed by atoms with E-state index in [1.54, 1.807) is 39.1 Å². The van der Waals surface area contributed by atoms with Gasteiger partial charge in [-0.25, -0.2) is 13.2 Å². The first kappa shape index (κ1) is 18.4. The first-order chi connectivity index (χ1) is 12.3. The largest absolute Gasteiger partial charge is 0.258 e. The topological polar surface area (TPSA) is 12.9 Å². The third-order valence-electron chi connectivity index (χ3n) is 4.24. The molecule has 0 N–H and O–H groups in total. The smallest absolute Gasteiger partial charge is 0.144 e. The van der Waals surface area contributed by atoms with Crippen molar-refractivity contribution < 1.29 is 13.2 Å². The summed E-state index contributed by atoms with van der Waals surface area (Å²) in [6, 6.07) is 8.67. The summed E-state index contributed by atoms with van der Waals surface area (Å²) in [7, 11) is 0. The standard InChI is InChI=1S/C14H10F2S.C7H8FN/c1-7-3-5-9-10-6-4-8(2)12(16)14(10)17-13(9)11(7)15;1-5-3-7(8)6(2)9-4-5/h3-6H,1-2H3;3-4H,1-2H3. The molecule has 0 aliphatic carbocycles. The number of thiophene rings is 1. The van der Waals surface area contributed by atoms with Gasteiger partial charge in [0.25, 0.3) is 0 Å². The summed E-state index contributed by atoms with van der Waals surface area (Å²) in [5.41, 5.74) is 2.51. The van der Waals surface area contributed by atoms with Crippen LogP contribution in [0.15, 0.2) is 36.5 Å². The Morgan fingerprint density at radius 3 is 1.69 bits per heavy atom. The van der Waals surface area contributed by atoms with Gasteiger partial charge in [-0.1, -0.05) is 24.3 Å². The summed E-state index contributed by atoms with van der Waals surface area (Å²) in [6.07, 6.45) is 1.65. The minimum Gasteiger partial charge on any atom is -0.258 e. The minimum atomic E-state index is -0.235. The Kier molecular flexibility index (Phi) is 5.01. The Labute approximate surface area is 154 Å². The van der Waals surface area contributed by atoms with Crippen molar-refractivity contribution in [2.75, 3.05) is 0 Å². The fourth-order valence-corrected chi connectivity index (χ4v) is 3.92. The molecule has 26 heavy (non-hydrogen) atoms. The van der Waals surface area contributed by atoms with Crippen LogP contribution in [-0.2, 0) is 0 Å². The first-order valence-electron chi connectivity index (χ1n) is 8.14. The molecular weight excluding hydrogens is 355 g/mol. The number of rotatable bonds is 0. The van der Waals surface area contributed by atoms with Crippen LogP contribution in [-0.4, -0.2) is 4.98 Å². The van der Waals surface area contributed by atoms with Crippen LogP contribution in [0.1, 0.15) is 22.4 Å². The maximum absolute atomic E-state index is 14.0. The van der Waals surface area contributed by atoms with Gasteiger partial charge in [0, 0.05) is 17.0 Å². The molecule has 0 saturated heterocycles. The van der Waals surface area contributed by atoms with Crippen LogP contribution in [0.3, 0.4) is 0 Å². The molecule has 0 aliphatic rings. The molecule has 0 radical (unpaired) electrons. The van der Waals surface area contributed by atoms with E-state index in [0.717, 1.165) is 16.3 Å². The van der Waals surface area contributed by atoms with E-state index in [9.17, 15) is 13.2 Å². The molecule has 2 aromatic heterocycles. The van der Waals surface area contributed by atoms with Crippen molar-refractivity contribution in [2.24, 2.45) is 0 Å². The van der Waals surface area contributed by atoms with E-state index in [0.29, 0.717) is 26.2 Å². The van der Waals surface area contributed by atoms with Gasteiger partial charge in [0.2, 0.25) is 0 Å². The Morgan fingerprint density at radius 2 is 1.27 bits per heavy atom. The Morgan fingerprint density at radius 1 is 0.769 bits per heavy atom. The van der Waals surface area contributed by atoms with E-state index >= 15 is 0 Å². The normalized spacial score (nSPS) is 10.9. The molecule has 0 amide bonds. The SMILES string of the molecule is Cc1ccc2c(sc3c(F)c(C)ccc32)c1F.Cc1cnc(C)c(F)c1. The van der Waals surface area contributed by atoms with Crippen LogP contribution in [0.2, 0.25) is 0 Å². The lowest BCUT2D eigenvalue weighted by atomic mass is 10.1. The van der Waals surface area contributed by atoms with E-state index in [2.05, 4.69) is 4.98 Å². The molecule has 134 valence electrons. The molecule has 0 atom stereocenters. The lowest BCUT2D eigenvalue weighted by Gasteiger charge is -1.97. The zero-order chi connectivity index (χ0) is 19.0.